The second-order valence-corrected chi connectivity index (χ2v) is 7.04. The van der Waals surface area contributed by atoms with Crippen LogP contribution in [0.5, 0.6) is 0 Å². The number of hydrogen-bond donors (Lipinski definition) is 1. The number of nitrogens with zero attached hydrogens (tertiary/aromatic N) is 3. The number of morpholine rings is 1. The highest BCUT2D eigenvalue weighted by atomic mass is 127. The van der Waals surface area contributed by atoms with E-state index >= 15 is 0 Å². The zero-order valence-corrected chi connectivity index (χ0v) is 19.2. The van der Waals surface area contributed by atoms with Crippen molar-refractivity contribution in [2.24, 2.45) is 4.99 Å². The standard InChI is InChI=1S/C23H26N4O.HI/c1-17-7-3-5-9-19(17)22-16-27(13-14-28-22)23(24-2)26-15-21-20-10-6-4-8-18(20)11-12-25-21;/h3-12,22H,13-16H2,1-2H3,(H,24,26);1H. The molecule has 1 atom stereocenters. The fraction of sp³-hybridized carbons (Fsp3) is 0.304. The largest absolute Gasteiger partial charge is 0.370 e. The van der Waals surface area contributed by atoms with Crippen LogP contribution in [0.1, 0.15) is 22.9 Å². The Bertz CT molecular complexity index is 986. The van der Waals surface area contributed by atoms with Gasteiger partial charge in [0.05, 0.1) is 25.4 Å². The van der Waals surface area contributed by atoms with Crippen molar-refractivity contribution in [1.82, 2.24) is 15.2 Å². The number of hydrogen-bond acceptors (Lipinski definition) is 3. The van der Waals surface area contributed by atoms with Gasteiger partial charge >= 0.3 is 0 Å². The van der Waals surface area contributed by atoms with Gasteiger partial charge in [-0.05, 0) is 29.5 Å². The number of benzene rings is 2. The first-order valence-corrected chi connectivity index (χ1v) is 9.71. The molecule has 1 fully saturated rings. The highest BCUT2D eigenvalue weighted by Crippen LogP contribution is 2.25. The summed E-state index contributed by atoms with van der Waals surface area (Å²) in [6, 6.07) is 18.8. The zero-order valence-electron chi connectivity index (χ0n) is 16.8. The Morgan fingerprint density at radius 1 is 1.17 bits per heavy atom. The lowest BCUT2D eigenvalue weighted by Crippen LogP contribution is -2.48. The zero-order chi connectivity index (χ0) is 19.3. The quantitative estimate of drug-likeness (QED) is 0.330. The number of aryl methyl sites for hydroxylation is 1. The van der Waals surface area contributed by atoms with Gasteiger partial charge in [-0.15, -0.1) is 24.0 Å². The molecule has 0 saturated carbocycles. The van der Waals surface area contributed by atoms with Crippen LogP contribution < -0.4 is 5.32 Å². The highest BCUT2D eigenvalue weighted by Gasteiger charge is 2.25. The Kier molecular flexibility index (Phi) is 7.44. The molecule has 1 N–H and O–H groups in total. The molecule has 4 rings (SSSR count). The van der Waals surface area contributed by atoms with E-state index in [1.54, 1.807) is 0 Å². The Morgan fingerprint density at radius 2 is 1.97 bits per heavy atom. The lowest BCUT2D eigenvalue weighted by atomic mass is 10.0. The van der Waals surface area contributed by atoms with E-state index in [1.165, 1.54) is 21.9 Å². The van der Waals surface area contributed by atoms with Gasteiger partial charge in [0.15, 0.2) is 5.96 Å². The van der Waals surface area contributed by atoms with Crippen LogP contribution in [0.15, 0.2) is 65.8 Å². The third-order valence-corrected chi connectivity index (χ3v) is 5.28. The summed E-state index contributed by atoms with van der Waals surface area (Å²) < 4.78 is 6.05. The van der Waals surface area contributed by atoms with Gasteiger partial charge in [0.25, 0.3) is 0 Å². The summed E-state index contributed by atoms with van der Waals surface area (Å²) in [4.78, 5) is 11.3. The first-order chi connectivity index (χ1) is 13.8. The molecule has 1 saturated heterocycles. The van der Waals surface area contributed by atoms with Crippen molar-refractivity contribution in [2.75, 3.05) is 26.7 Å². The van der Waals surface area contributed by atoms with Gasteiger partial charge in [-0.3, -0.25) is 9.98 Å². The van der Waals surface area contributed by atoms with Crippen LogP contribution in [0.25, 0.3) is 10.8 Å². The third-order valence-electron chi connectivity index (χ3n) is 5.28. The van der Waals surface area contributed by atoms with E-state index in [4.69, 9.17) is 4.74 Å². The Labute approximate surface area is 189 Å². The number of guanidine groups is 1. The lowest BCUT2D eigenvalue weighted by Gasteiger charge is -2.35. The lowest BCUT2D eigenvalue weighted by molar-refractivity contribution is -0.00834. The molecule has 1 unspecified atom stereocenters. The van der Waals surface area contributed by atoms with E-state index in [2.05, 4.69) is 75.6 Å². The number of nitrogens with one attached hydrogen (secondary N) is 1. The minimum atomic E-state index is 0. The van der Waals surface area contributed by atoms with E-state index in [-0.39, 0.29) is 30.1 Å². The summed E-state index contributed by atoms with van der Waals surface area (Å²) in [5, 5.41) is 5.87. The number of fused-ring (bicyclic) bond motifs is 1. The number of aliphatic imine (C=N–C) groups is 1. The second-order valence-electron chi connectivity index (χ2n) is 7.04. The fourth-order valence-corrected chi connectivity index (χ4v) is 3.80. The summed E-state index contributed by atoms with van der Waals surface area (Å²) in [6.45, 7) is 5.07. The molecule has 0 amide bonds. The molecule has 0 spiro atoms. The van der Waals surface area contributed by atoms with Gasteiger partial charge in [-0.1, -0.05) is 48.5 Å². The van der Waals surface area contributed by atoms with Gasteiger partial charge in [0.2, 0.25) is 0 Å². The maximum Gasteiger partial charge on any atom is 0.194 e. The van der Waals surface area contributed by atoms with Crippen LogP contribution in [0.3, 0.4) is 0 Å². The molecule has 2 aromatic carbocycles. The van der Waals surface area contributed by atoms with Crippen molar-refractivity contribution in [1.29, 1.82) is 0 Å². The number of aromatic nitrogens is 1. The number of rotatable bonds is 3. The second kappa shape index (κ2) is 10.0. The molecule has 0 radical (unpaired) electrons. The van der Waals surface area contributed by atoms with Crippen molar-refractivity contribution in [3.05, 3.63) is 77.6 Å². The molecule has 1 aliphatic heterocycles. The molecular formula is C23H27IN4O. The van der Waals surface area contributed by atoms with Gasteiger partial charge < -0.3 is 15.0 Å². The van der Waals surface area contributed by atoms with E-state index in [1.807, 2.05) is 19.3 Å². The monoisotopic (exact) mass is 502 g/mol. The van der Waals surface area contributed by atoms with Crippen LogP contribution in [-0.4, -0.2) is 42.6 Å². The van der Waals surface area contributed by atoms with Crippen molar-refractivity contribution in [2.45, 2.75) is 19.6 Å². The average Bonchev–Trinajstić information content (AvgIpc) is 2.75. The Morgan fingerprint density at radius 3 is 2.79 bits per heavy atom. The van der Waals surface area contributed by atoms with Crippen molar-refractivity contribution >= 4 is 40.7 Å². The first kappa shape index (κ1) is 21.5. The summed E-state index contributed by atoms with van der Waals surface area (Å²) in [5.74, 6) is 0.886. The fourth-order valence-electron chi connectivity index (χ4n) is 3.80. The van der Waals surface area contributed by atoms with Crippen LogP contribution in [0.2, 0.25) is 0 Å². The van der Waals surface area contributed by atoms with Gasteiger partial charge in [0.1, 0.15) is 6.10 Å². The van der Waals surface area contributed by atoms with E-state index in [0.717, 1.165) is 24.7 Å². The molecule has 3 aromatic rings. The van der Waals surface area contributed by atoms with Crippen molar-refractivity contribution < 1.29 is 4.74 Å². The minimum absolute atomic E-state index is 0. The predicted octanol–water partition coefficient (Wildman–Crippen LogP) is 4.31. The average molecular weight is 502 g/mol. The highest BCUT2D eigenvalue weighted by molar-refractivity contribution is 14.0. The summed E-state index contributed by atoms with van der Waals surface area (Å²) in [5.41, 5.74) is 3.54. The predicted molar refractivity (Wildman–Crippen MR) is 129 cm³/mol. The third kappa shape index (κ3) is 4.87. The van der Waals surface area contributed by atoms with Crippen LogP contribution in [0, 0.1) is 6.92 Å². The van der Waals surface area contributed by atoms with E-state index in [9.17, 15) is 0 Å². The topological polar surface area (TPSA) is 49.8 Å². The van der Waals surface area contributed by atoms with Crippen LogP contribution in [0.4, 0.5) is 0 Å². The molecule has 152 valence electrons. The summed E-state index contributed by atoms with van der Waals surface area (Å²) in [6.07, 6.45) is 1.93. The SMILES string of the molecule is CN=C(NCc1nccc2ccccc12)N1CCOC(c2ccccc2C)C1.I. The van der Waals surface area contributed by atoms with Crippen LogP contribution in [-0.2, 0) is 11.3 Å². The maximum absolute atomic E-state index is 6.05. The molecule has 1 aliphatic rings. The molecule has 6 heteroatoms. The molecule has 29 heavy (non-hydrogen) atoms. The smallest absolute Gasteiger partial charge is 0.194 e. The Hall–Kier alpha value is -2.19. The maximum atomic E-state index is 6.05. The first-order valence-electron chi connectivity index (χ1n) is 9.71. The van der Waals surface area contributed by atoms with Gasteiger partial charge in [-0.2, -0.15) is 0 Å². The van der Waals surface area contributed by atoms with Gasteiger partial charge in [0, 0.05) is 25.2 Å². The Balaban J connectivity index is 0.00000240. The van der Waals surface area contributed by atoms with Crippen molar-refractivity contribution in [3.63, 3.8) is 0 Å². The molecule has 5 nitrogen and oxygen atoms in total. The van der Waals surface area contributed by atoms with E-state index in [0.29, 0.717) is 13.2 Å². The normalized spacial score (nSPS) is 17.1. The molecule has 1 aromatic heterocycles. The minimum Gasteiger partial charge on any atom is -0.370 e. The van der Waals surface area contributed by atoms with E-state index < -0.39 is 0 Å². The van der Waals surface area contributed by atoms with Crippen molar-refractivity contribution in [3.8, 4) is 0 Å². The summed E-state index contributed by atoms with van der Waals surface area (Å²) >= 11 is 0. The molecule has 0 aliphatic carbocycles. The summed E-state index contributed by atoms with van der Waals surface area (Å²) in [7, 11) is 1.83. The molecular weight excluding hydrogens is 475 g/mol. The molecule has 2 heterocycles. The van der Waals surface area contributed by atoms with Crippen LogP contribution >= 0.6 is 24.0 Å². The number of ether oxygens (including phenoxy) is 1. The van der Waals surface area contributed by atoms with Gasteiger partial charge in [-0.25, -0.2) is 0 Å². The number of pyridine rings is 1. The molecule has 0 bridgehead atoms. The number of halogens is 1.